The zero-order valence-corrected chi connectivity index (χ0v) is 11.1. The molecule has 18 heavy (non-hydrogen) atoms. The molecule has 1 unspecified atom stereocenters. The Morgan fingerprint density at radius 1 is 1.56 bits per heavy atom. The van der Waals surface area contributed by atoms with Gasteiger partial charge in [0.1, 0.15) is 16.9 Å². The molecule has 6 nitrogen and oxygen atoms in total. The van der Waals surface area contributed by atoms with Crippen LogP contribution in [0.4, 0.5) is 0 Å². The van der Waals surface area contributed by atoms with Crippen LogP contribution in [-0.4, -0.2) is 29.7 Å². The van der Waals surface area contributed by atoms with Gasteiger partial charge in [-0.2, -0.15) is 0 Å². The Balaban J connectivity index is 2.88. The lowest BCUT2D eigenvalue weighted by Crippen LogP contribution is -2.52. The number of carbonyl (C=O) groups is 2. The molecule has 1 atom stereocenters. The smallest absolute Gasteiger partial charge is 0.331 e. The standard InChI is InChI=1S/C12H18N2O4/c1-5-6-12(3,11(16)17-4)14-10(15)9-7-13-18-8(9)2/h7H,5-6H2,1-4H3,(H,14,15). The van der Waals surface area contributed by atoms with Crippen LogP contribution in [-0.2, 0) is 9.53 Å². The number of hydrogen-bond donors (Lipinski definition) is 1. The van der Waals surface area contributed by atoms with Gasteiger partial charge in [0.2, 0.25) is 0 Å². The van der Waals surface area contributed by atoms with Crippen molar-refractivity contribution in [1.82, 2.24) is 10.5 Å². The maximum Gasteiger partial charge on any atom is 0.331 e. The van der Waals surface area contributed by atoms with Gasteiger partial charge in [-0.3, -0.25) is 4.79 Å². The van der Waals surface area contributed by atoms with E-state index in [1.165, 1.54) is 13.3 Å². The van der Waals surface area contributed by atoms with E-state index in [-0.39, 0.29) is 0 Å². The predicted molar refractivity (Wildman–Crippen MR) is 64.0 cm³/mol. The number of methoxy groups -OCH3 is 1. The molecule has 1 rings (SSSR count). The first-order valence-corrected chi connectivity index (χ1v) is 5.76. The molecule has 0 aliphatic rings. The summed E-state index contributed by atoms with van der Waals surface area (Å²) in [5, 5.41) is 6.21. The van der Waals surface area contributed by atoms with E-state index < -0.39 is 17.4 Å². The van der Waals surface area contributed by atoms with Gasteiger partial charge in [-0.05, 0) is 20.3 Å². The molecule has 100 valence electrons. The van der Waals surface area contributed by atoms with E-state index in [1.807, 2.05) is 6.92 Å². The van der Waals surface area contributed by atoms with Crippen LogP contribution < -0.4 is 5.32 Å². The van der Waals surface area contributed by atoms with Gasteiger partial charge in [-0.1, -0.05) is 18.5 Å². The fourth-order valence-electron chi connectivity index (χ4n) is 1.78. The summed E-state index contributed by atoms with van der Waals surface area (Å²) in [5.41, 5.74) is -0.717. The predicted octanol–water partition coefficient (Wildman–Crippen LogP) is 1.44. The Morgan fingerprint density at radius 3 is 2.67 bits per heavy atom. The average Bonchev–Trinajstić information content (AvgIpc) is 2.74. The van der Waals surface area contributed by atoms with E-state index in [4.69, 9.17) is 9.26 Å². The average molecular weight is 254 g/mol. The van der Waals surface area contributed by atoms with Crippen LogP contribution >= 0.6 is 0 Å². The van der Waals surface area contributed by atoms with Crippen molar-refractivity contribution in [3.8, 4) is 0 Å². The molecule has 6 heteroatoms. The molecule has 0 aromatic carbocycles. The number of esters is 1. The first-order chi connectivity index (χ1) is 8.44. The number of nitrogens with zero attached hydrogens (tertiary/aromatic N) is 1. The molecule has 0 bridgehead atoms. The summed E-state index contributed by atoms with van der Waals surface area (Å²) in [5.74, 6) is -0.446. The Morgan fingerprint density at radius 2 is 2.22 bits per heavy atom. The second-order valence-electron chi connectivity index (χ2n) is 4.32. The Hall–Kier alpha value is -1.85. The van der Waals surface area contributed by atoms with E-state index in [0.29, 0.717) is 17.7 Å². The number of nitrogens with one attached hydrogen (secondary N) is 1. The molecule has 1 amide bonds. The SMILES string of the molecule is CCCC(C)(NC(=O)c1cnoc1C)C(=O)OC. The van der Waals surface area contributed by atoms with Crippen molar-refractivity contribution in [2.75, 3.05) is 7.11 Å². The quantitative estimate of drug-likeness (QED) is 0.804. The Labute approximate surface area is 106 Å². The number of hydrogen-bond acceptors (Lipinski definition) is 5. The number of amides is 1. The van der Waals surface area contributed by atoms with Crippen LogP contribution in [0, 0.1) is 6.92 Å². The lowest BCUT2D eigenvalue weighted by Gasteiger charge is -2.27. The van der Waals surface area contributed by atoms with Crippen molar-refractivity contribution in [3.63, 3.8) is 0 Å². The van der Waals surface area contributed by atoms with Crippen molar-refractivity contribution >= 4 is 11.9 Å². The molecule has 0 spiro atoms. The van der Waals surface area contributed by atoms with Gasteiger partial charge in [0, 0.05) is 0 Å². The molecule has 0 saturated heterocycles. The zero-order chi connectivity index (χ0) is 13.8. The minimum Gasteiger partial charge on any atom is -0.467 e. The second-order valence-corrected chi connectivity index (χ2v) is 4.32. The summed E-state index contributed by atoms with van der Waals surface area (Å²) in [6.07, 6.45) is 2.57. The summed E-state index contributed by atoms with van der Waals surface area (Å²) in [6.45, 7) is 5.21. The molecule has 1 aromatic rings. The minimum absolute atomic E-state index is 0.321. The number of aromatic nitrogens is 1. The first-order valence-electron chi connectivity index (χ1n) is 5.76. The summed E-state index contributed by atoms with van der Waals surface area (Å²) in [6, 6.07) is 0. The molecule has 0 saturated carbocycles. The molecule has 0 aliphatic heterocycles. The summed E-state index contributed by atoms with van der Waals surface area (Å²) >= 11 is 0. The van der Waals surface area contributed by atoms with Crippen LogP contribution in [0.1, 0.15) is 42.8 Å². The van der Waals surface area contributed by atoms with Gasteiger partial charge in [0.15, 0.2) is 0 Å². The van der Waals surface area contributed by atoms with Gasteiger partial charge in [-0.25, -0.2) is 4.79 Å². The fraction of sp³-hybridized carbons (Fsp3) is 0.583. The third-order valence-corrected chi connectivity index (χ3v) is 2.77. The highest BCUT2D eigenvalue weighted by atomic mass is 16.5. The largest absolute Gasteiger partial charge is 0.467 e. The summed E-state index contributed by atoms with van der Waals surface area (Å²) in [7, 11) is 1.30. The van der Waals surface area contributed by atoms with Crippen LogP contribution in [0.3, 0.4) is 0 Å². The van der Waals surface area contributed by atoms with Gasteiger partial charge >= 0.3 is 5.97 Å². The molecular formula is C12H18N2O4. The van der Waals surface area contributed by atoms with Gasteiger partial charge in [0.25, 0.3) is 5.91 Å². The number of rotatable bonds is 5. The number of carbonyl (C=O) groups excluding carboxylic acids is 2. The molecular weight excluding hydrogens is 236 g/mol. The van der Waals surface area contributed by atoms with Crippen molar-refractivity contribution in [3.05, 3.63) is 17.5 Å². The fourth-order valence-corrected chi connectivity index (χ4v) is 1.78. The lowest BCUT2D eigenvalue weighted by molar-refractivity contribution is -0.147. The van der Waals surface area contributed by atoms with E-state index in [0.717, 1.165) is 6.42 Å². The molecule has 0 radical (unpaired) electrons. The molecule has 0 aliphatic carbocycles. The van der Waals surface area contributed by atoms with Gasteiger partial charge in [0.05, 0.1) is 13.3 Å². The highest BCUT2D eigenvalue weighted by molar-refractivity contribution is 5.98. The number of ether oxygens (including phenoxy) is 1. The molecule has 1 N–H and O–H groups in total. The van der Waals surface area contributed by atoms with Gasteiger partial charge in [-0.15, -0.1) is 0 Å². The van der Waals surface area contributed by atoms with Crippen LogP contribution in [0.2, 0.25) is 0 Å². The Kier molecular flexibility index (Phi) is 4.47. The van der Waals surface area contributed by atoms with E-state index in [1.54, 1.807) is 13.8 Å². The second kappa shape index (κ2) is 5.66. The van der Waals surface area contributed by atoms with Crippen molar-refractivity contribution < 1.29 is 18.8 Å². The van der Waals surface area contributed by atoms with Crippen molar-refractivity contribution in [2.45, 2.75) is 39.2 Å². The van der Waals surface area contributed by atoms with Crippen molar-refractivity contribution in [2.24, 2.45) is 0 Å². The maximum atomic E-state index is 12.0. The third-order valence-electron chi connectivity index (χ3n) is 2.77. The summed E-state index contributed by atoms with van der Waals surface area (Å²) in [4.78, 5) is 23.8. The monoisotopic (exact) mass is 254 g/mol. The maximum absolute atomic E-state index is 12.0. The van der Waals surface area contributed by atoms with Crippen molar-refractivity contribution in [1.29, 1.82) is 0 Å². The highest BCUT2D eigenvalue weighted by Gasteiger charge is 2.36. The van der Waals surface area contributed by atoms with Gasteiger partial charge < -0.3 is 14.6 Å². The van der Waals surface area contributed by atoms with E-state index in [2.05, 4.69) is 10.5 Å². The van der Waals surface area contributed by atoms with Crippen LogP contribution in [0.5, 0.6) is 0 Å². The Bertz CT molecular complexity index is 441. The summed E-state index contributed by atoms with van der Waals surface area (Å²) < 4.78 is 9.54. The molecule has 0 fully saturated rings. The van der Waals surface area contributed by atoms with Crippen LogP contribution in [0.25, 0.3) is 0 Å². The first kappa shape index (κ1) is 14.2. The van der Waals surface area contributed by atoms with E-state index in [9.17, 15) is 9.59 Å². The molecule has 1 aromatic heterocycles. The topological polar surface area (TPSA) is 81.4 Å². The zero-order valence-electron chi connectivity index (χ0n) is 11.1. The lowest BCUT2D eigenvalue weighted by atomic mass is 9.95. The highest BCUT2D eigenvalue weighted by Crippen LogP contribution is 2.16. The normalized spacial score (nSPS) is 13.8. The minimum atomic E-state index is -1.04. The number of aryl methyl sites for hydroxylation is 1. The van der Waals surface area contributed by atoms with E-state index >= 15 is 0 Å². The molecule has 1 heterocycles. The van der Waals surface area contributed by atoms with Crippen LogP contribution in [0.15, 0.2) is 10.7 Å². The third kappa shape index (κ3) is 2.88.